The van der Waals surface area contributed by atoms with Gasteiger partial charge in [-0.25, -0.2) is 13.6 Å². The molecule has 2 saturated heterocycles. The molecule has 3 unspecified atom stereocenters. The lowest BCUT2D eigenvalue weighted by Gasteiger charge is -2.12. The molecule has 8 nitrogen and oxygen atoms in total. The van der Waals surface area contributed by atoms with Crippen LogP contribution in [0.25, 0.3) is 11.1 Å². The molecule has 2 heterocycles. The van der Waals surface area contributed by atoms with Gasteiger partial charge in [-0.15, -0.1) is 0 Å². The van der Waals surface area contributed by atoms with Gasteiger partial charge >= 0.3 is 5.97 Å². The monoisotopic (exact) mass is 602 g/mol. The summed E-state index contributed by atoms with van der Waals surface area (Å²) in [5, 5.41) is 0. The van der Waals surface area contributed by atoms with Crippen LogP contribution in [-0.4, -0.2) is 51.4 Å². The predicted octanol–water partition coefficient (Wildman–Crippen LogP) is 6.29. The van der Waals surface area contributed by atoms with E-state index in [-0.39, 0.29) is 48.6 Å². The summed E-state index contributed by atoms with van der Waals surface area (Å²) in [6.45, 7) is 3.76. The Hall–Kier alpha value is -4.67. The Labute approximate surface area is 252 Å². The predicted molar refractivity (Wildman–Crippen MR) is 154 cm³/mol. The van der Waals surface area contributed by atoms with Gasteiger partial charge in [0.05, 0.1) is 18.8 Å². The van der Waals surface area contributed by atoms with E-state index in [0.717, 1.165) is 28.3 Å². The standard InChI is InChI=1S/C34H28F2O8/c1-19-28-11-21(42-18-43-22-5-9-33(31(36)13-22)41-17-25-15-39-25)3-6-26(28)27-7-4-23(12-29(19)27)44-34(37)20-2-8-32(30(35)10-20)40-16-24-14-38-24/h2-13,19,24-25H,14-18H2,1H3. The minimum absolute atomic E-state index is 0.00448. The molecule has 4 aromatic carbocycles. The highest BCUT2D eigenvalue weighted by molar-refractivity contribution is 5.91. The van der Waals surface area contributed by atoms with Gasteiger partial charge in [0.2, 0.25) is 6.79 Å². The van der Waals surface area contributed by atoms with E-state index in [1.807, 2.05) is 30.3 Å². The third-order valence-corrected chi connectivity index (χ3v) is 7.66. The minimum atomic E-state index is -0.672. The van der Waals surface area contributed by atoms with E-state index < -0.39 is 17.6 Å². The third kappa shape index (κ3) is 6.17. The molecular formula is C34H28F2O8. The van der Waals surface area contributed by atoms with Crippen LogP contribution < -0.4 is 23.7 Å². The number of carbonyl (C=O) groups is 1. The molecule has 2 fully saturated rings. The number of halogens is 2. The Kier molecular flexibility index (Phi) is 7.53. The largest absolute Gasteiger partial charge is 0.488 e. The molecule has 44 heavy (non-hydrogen) atoms. The van der Waals surface area contributed by atoms with Crippen LogP contribution in [0.2, 0.25) is 0 Å². The second-order valence-corrected chi connectivity index (χ2v) is 10.8. The number of rotatable bonds is 12. The molecule has 1 aliphatic carbocycles. The Bertz CT molecular complexity index is 1720. The van der Waals surface area contributed by atoms with Crippen molar-refractivity contribution >= 4 is 5.97 Å². The molecule has 3 atom stereocenters. The number of hydrogen-bond acceptors (Lipinski definition) is 8. The van der Waals surface area contributed by atoms with Crippen LogP contribution >= 0.6 is 0 Å². The minimum Gasteiger partial charge on any atom is -0.488 e. The first-order valence-electron chi connectivity index (χ1n) is 14.3. The first-order chi connectivity index (χ1) is 21.4. The Morgan fingerprint density at radius 1 is 0.705 bits per heavy atom. The summed E-state index contributed by atoms with van der Waals surface area (Å²) in [6.07, 6.45) is 0.0333. The van der Waals surface area contributed by atoms with Crippen molar-refractivity contribution in [2.24, 2.45) is 0 Å². The molecule has 10 heteroatoms. The summed E-state index contributed by atoms with van der Waals surface area (Å²) in [4.78, 5) is 12.8. The molecule has 0 bridgehead atoms. The van der Waals surface area contributed by atoms with Crippen LogP contribution in [0.1, 0.15) is 34.3 Å². The zero-order valence-corrected chi connectivity index (χ0v) is 23.7. The molecule has 226 valence electrons. The fraction of sp³-hybridized carbons (Fsp3) is 0.265. The van der Waals surface area contributed by atoms with E-state index in [1.54, 1.807) is 12.1 Å². The highest BCUT2D eigenvalue weighted by Crippen LogP contribution is 2.47. The van der Waals surface area contributed by atoms with E-state index in [2.05, 4.69) is 6.92 Å². The van der Waals surface area contributed by atoms with E-state index in [9.17, 15) is 13.6 Å². The van der Waals surface area contributed by atoms with Gasteiger partial charge in [0, 0.05) is 12.0 Å². The molecule has 0 amide bonds. The Morgan fingerprint density at radius 3 is 1.82 bits per heavy atom. The molecule has 0 radical (unpaired) electrons. The lowest BCUT2D eigenvalue weighted by Crippen LogP contribution is -2.10. The van der Waals surface area contributed by atoms with Crippen molar-refractivity contribution in [3.63, 3.8) is 0 Å². The average Bonchev–Trinajstić information content (AvgIpc) is 3.96. The number of hydrogen-bond donors (Lipinski definition) is 0. The highest BCUT2D eigenvalue weighted by atomic mass is 19.1. The maximum Gasteiger partial charge on any atom is 0.343 e. The third-order valence-electron chi connectivity index (χ3n) is 7.66. The first-order valence-corrected chi connectivity index (χ1v) is 14.3. The molecule has 3 aliphatic rings. The molecule has 4 aromatic rings. The van der Waals surface area contributed by atoms with Crippen molar-refractivity contribution in [1.82, 2.24) is 0 Å². The lowest BCUT2D eigenvalue weighted by molar-refractivity contribution is 0.0734. The van der Waals surface area contributed by atoms with Crippen LogP contribution in [-0.2, 0) is 9.47 Å². The normalized spacial score (nSPS) is 19.0. The van der Waals surface area contributed by atoms with Crippen molar-refractivity contribution in [2.75, 3.05) is 33.2 Å². The average molecular weight is 603 g/mol. The number of benzene rings is 4. The zero-order valence-electron chi connectivity index (χ0n) is 23.7. The Morgan fingerprint density at radius 2 is 1.23 bits per heavy atom. The number of fused-ring (bicyclic) bond motifs is 3. The molecule has 2 aliphatic heterocycles. The first kappa shape index (κ1) is 28.1. The summed E-state index contributed by atoms with van der Waals surface area (Å²) >= 11 is 0. The summed E-state index contributed by atoms with van der Waals surface area (Å²) in [7, 11) is 0. The summed E-state index contributed by atoms with van der Waals surface area (Å²) in [5.41, 5.74) is 4.17. The fourth-order valence-corrected chi connectivity index (χ4v) is 5.07. The maximum atomic E-state index is 14.5. The van der Waals surface area contributed by atoms with Gasteiger partial charge in [0.25, 0.3) is 0 Å². The Balaban J connectivity index is 0.962. The van der Waals surface area contributed by atoms with Gasteiger partial charge in [0.15, 0.2) is 23.1 Å². The smallest absolute Gasteiger partial charge is 0.343 e. The summed E-state index contributed by atoms with van der Waals surface area (Å²) in [5.74, 6) is -0.365. The van der Waals surface area contributed by atoms with Gasteiger partial charge < -0.3 is 33.2 Å². The number of esters is 1. The fourth-order valence-electron chi connectivity index (χ4n) is 5.07. The van der Waals surface area contributed by atoms with E-state index in [0.29, 0.717) is 37.1 Å². The maximum absolute atomic E-state index is 14.5. The van der Waals surface area contributed by atoms with Crippen molar-refractivity contribution in [1.29, 1.82) is 0 Å². The highest BCUT2D eigenvalue weighted by Gasteiger charge is 2.28. The topological polar surface area (TPSA) is 88.3 Å². The zero-order chi connectivity index (χ0) is 30.2. The van der Waals surface area contributed by atoms with E-state index in [4.69, 9.17) is 33.2 Å². The van der Waals surface area contributed by atoms with Crippen LogP contribution in [0.4, 0.5) is 8.78 Å². The second kappa shape index (κ2) is 11.8. The molecule has 0 aromatic heterocycles. The SMILES string of the molecule is CC1c2cc(OCOc3ccc(OCC4CO4)c(F)c3)ccc2-c2ccc(OC(=O)c3ccc(OCC4CO4)c(F)c3)cc21. The number of carbonyl (C=O) groups excluding carboxylic acids is 1. The van der Waals surface area contributed by atoms with Crippen molar-refractivity contribution in [3.05, 3.63) is 101 Å². The van der Waals surface area contributed by atoms with Gasteiger partial charge in [-0.1, -0.05) is 19.1 Å². The molecule has 7 rings (SSSR count). The van der Waals surface area contributed by atoms with E-state index >= 15 is 0 Å². The van der Waals surface area contributed by atoms with Gasteiger partial charge in [-0.3, -0.25) is 0 Å². The lowest BCUT2D eigenvalue weighted by atomic mass is 9.99. The van der Waals surface area contributed by atoms with Crippen LogP contribution in [0, 0.1) is 11.6 Å². The molecule has 0 spiro atoms. The molecule has 0 N–H and O–H groups in total. The summed E-state index contributed by atoms with van der Waals surface area (Å²) < 4.78 is 66.7. The van der Waals surface area contributed by atoms with Crippen LogP contribution in [0.15, 0.2) is 72.8 Å². The molecule has 0 saturated carbocycles. The van der Waals surface area contributed by atoms with Crippen LogP contribution in [0.5, 0.6) is 28.7 Å². The summed E-state index contributed by atoms with van der Waals surface area (Å²) in [6, 6.07) is 19.6. The second-order valence-electron chi connectivity index (χ2n) is 10.8. The quantitative estimate of drug-likeness (QED) is 0.0810. The van der Waals surface area contributed by atoms with E-state index in [1.165, 1.54) is 24.3 Å². The number of epoxide rings is 2. The van der Waals surface area contributed by atoms with Crippen molar-refractivity contribution < 1.29 is 46.7 Å². The van der Waals surface area contributed by atoms with Gasteiger partial charge in [-0.05, 0) is 76.9 Å². The molecular weight excluding hydrogens is 574 g/mol. The number of ether oxygens (including phenoxy) is 7. The van der Waals surface area contributed by atoms with Crippen molar-refractivity contribution in [3.8, 4) is 39.9 Å². The van der Waals surface area contributed by atoms with Crippen molar-refractivity contribution in [2.45, 2.75) is 25.0 Å². The van der Waals surface area contributed by atoms with Crippen LogP contribution in [0.3, 0.4) is 0 Å². The van der Waals surface area contributed by atoms with Gasteiger partial charge in [-0.2, -0.15) is 0 Å². The van der Waals surface area contributed by atoms with Gasteiger partial charge in [0.1, 0.15) is 42.7 Å².